The first-order valence-corrected chi connectivity index (χ1v) is 7.75. The summed E-state index contributed by atoms with van der Waals surface area (Å²) in [7, 11) is 0. The lowest BCUT2D eigenvalue weighted by Gasteiger charge is -2.04. The number of hydrogen-bond donors (Lipinski definition) is 2. The second kappa shape index (κ2) is 9.03. The summed E-state index contributed by atoms with van der Waals surface area (Å²) in [5.74, 6) is 0.798. The van der Waals surface area contributed by atoms with Crippen molar-refractivity contribution in [1.29, 1.82) is 5.41 Å². The molecule has 0 aliphatic heterocycles. The van der Waals surface area contributed by atoms with Crippen LogP contribution >= 0.6 is 11.8 Å². The minimum Gasteiger partial charge on any atom is -0.379 e. The lowest BCUT2D eigenvalue weighted by molar-refractivity contribution is 0.632. The van der Waals surface area contributed by atoms with Crippen LogP contribution in [0.5, 0.6) is 0 Å². The fraction of sp³-hybridized carbons (Fsp3) is 0.533. The molecule has 0 aliphatic rings. The van der Waals surface area contributed by atoms with E-state index in [1.54, 1.807) is 0 Å². The molecule has 0 fully saturated rings. The predicted octanol–water partition coefficient (Wildman–Crippen LogP) is 4.33. The monoisotopic (exact) mass is 264 g/mol. The van der Waals surface area contributed by atoms with Crippen LogP contribution in [0, 0.1) is 5.41 Å². The van der Waals surface area contributed by atoms with Crippen LogP contribution in [0.25, 0.3) is 0 Å². The van der Waals surface area contributed by atoms with Crippen molar-refractivity contribution in [3.05, 3.63) is 35.4 Å². The standard InChI is InChI=1S/C15H24N2S/c1-2-3-4-5-6-7-13-8-10-14(11-9-13)12-18-15(16)17/h8-11H,2-7,12H2,1H3,(H3,16,17). The van der Waals surface area contributed by atoms with Gasteiger partial charge in [-0.3, -0.25) is 5.41 Å². The summed E-state index contributed by atoms with van der Waals surface area (Å²) in [5.41, 5.74) is 7.98. The summed E-state index contributed by atoms with van der Waals surface area (Å²) in [4.78, 5) is 0. The molecule has 0 saturated heterocycles. The Hall–Kier alpha value is -0.960. The van der Waals surface area contributed by atoms with Crippen LogP contribution in [0.2, 0.25) is 0 Å². The highest BCUT2D eigenvalue weighted by Crippen LogP contribution is 2.14. The quantitative estimate of drug-likeness (QED) is 0.417. The number of nitrogens with one attached hydrogen (secondary N) is 1. The molecule has 0 heterocycles. The third-order valence-corrected chi connectivity index (χ3v) is 3.77. The van der Waals surface area contributed by atoms with Crippen molar-refractivity contribution >= 4 is 16.9 Å². The Labute approximate surface area is 115 Å². The molecule has 18 heavy (non-hydrogen) atoms. The molecule has 0 aliphatic carbocycles. The van der Waals surface area contributed by atoms with Crippen LogP contribution in [0.15, 0.2) is 24.3 Å². The first-order chi connectivity index (χ1) is 8.72. The van der Waals surface area contributed by atoms with E-state index in [4.69, 9.17) is 11.1 Å². The number of aryl methyl sites for hydroxylation is 1. The summed E-state index contributed by atoms with van der Waals surface area (Å²) in [6, 6.07) is 8.71. The van der Waals surface area contributed by atoms with E-state index in [-0.39, 0.29) is 5.17 Å². The number of rotatable bonds is 8. The van der Waals surface area contributed by atoms with Gasteiger partial charge in [0, 0.05) is 5.75 Å². The van der Waals surface area contributed by atoms with Gasteiger partial charge in [0.1, 0.15) is 0 Å². The highest BCUT2D eigenvalue weighted by atomic mass is 32.2. The zero-order valence-corrected chi connectivity index (χ0v) is 12.1. The van der Waals surface area contributed by atoms with Crippen molar-refractivity contribution in [2.75, 3.05) is 0 Å². The Morgan fingerprint density at radius 1 is 1.06 bits per heavy atom. The number of benzene rings is 1. The van der Waals surface area contributed by atoms with Crippen LogP contribution in [-0.4, -0.2) is 5.17 Å². The zero-order chi connectivity index (χ0) is 13.2. The molecule has 0 bridgehead atoms. The molecule has 100 valence electrons. The molecule has 1 aromatic rings. The van der Waals surface area contributed by atoms with Crippen molar-refractivity contribution < 1.29 is 0 Å². The fourth-order valence-corrected chi connectivity index (χ4v) is 2.41. The minimum atomic E-state index is 0.190. The van der Waals surface area contributed by atoms with Gasteiger partial charge in [-0.15, -0.1) is 0 Å². The summed E-state index contributed by atoms with van der Waals surface area (Å²) < 4.78 is 0. The third kappa shape index (κ3) is 6.70. The van der Waals surface area contributed by atoms with Crippen molar-refractivity contribution in [3.8, 4) is 0 Å². The largest absolute Gasteiger partial charge is 0.379 e. The Morgan fingerprint density at radius 3 is 2.28 bits per heavy atom. The maximum absolute atomic E-state index is 7.17. The van der Waals surface area contributed by atoms with Crippen LogP contribution in [0.4, 0.5) is 0 Å². The zero-order valence-electron chi connectivity index (χ0n) is 11.2. The van der Waals surface area contributed by atoms with Crippen LogP contribution in [0.1, 0.15) is 50.2 Å². The summed E-state index contributed by atoms with van der Waals surface area (Å²) in [6.45, 7) is 2.25. The molecule has 1 rings (SSSR count). The second-order valence-electron chi connectivity index (χ2n) is 4.63. The van der Waals surface area contributed by atoms with Crippen LogP contribution < -0.4 is 5.73 Å². The number of thioether (sulfide) groups is 1. The molecule has 0 atom stereocenters. The Bertz CT molecular complexity index is 346. The van der Waals surface area contributed by atoms with E-state index in [0.29, 0.717) is 0 Å². The number of unbranched alkanes of at least 4 members (excludes halogenated alkanes) is 4. The number of nitrogens with two attached hydrogens (primary N) is 1. The smallest absolute Gasteiger partial charge is 0.151 e. The van der Waals surface area contributed by atoms with E-state index in [2.05, 4.69) is 31.2 Å². The van der Waals surface area contributed by atoms with E-state index in [9.17, 15) is 0 Å². The van der Waals surface area contributed by atoms with Gasteiger partial charge in [0.2, 0.25) is 0 Å². The molecule has 3 N–H and O–H groups in total. The number of amidine groups is 1. The molecule has 0 radical (unpaired) electrons. The lowest BCUT2D eigenvalue weighted by atomic mass is 10.0. The third-order valence-electron chi connectivity index (χ3n) is 2.99. The second-order valence-corrected chi connectivity index (χ2v) is 5.65. The molecule has 3 heteroatoms. The molecule has 0 aromatic heterocycles. The van der Waals surface area contributed by atoms with Gasteiger partial charge in [-0.25, -0.2) is 0 Å². The Balaban J connectivity index is 2.25. The van der Waals surface area contributed by atoms with Gasteiger partial charge in [0.05, 0.1) is 0 Å². The average molecular weight is 264 g/mol. The first-order valence-electron chi connectivity index (χ1n) is 6.77. The number of hydrogen-bond acceptors (Lipinski definition) is 2. The van der Waals surface area contributed by atoms with Gasteiger partial charge in [-0.1, -0.05) is 68.6 Å². The highest BCUT2D eigenvalue weighted by molar-refractivity contribution is 8.13. The van der Waals surface area contributed by atoms with E-state index >= 15 is 0 Å². The first kappa shape index (κ1) is 15.1. The molecule has 0 saturated carbocycles. The topological polar surface area (TPSA) is 49.9 Å². The fourth-order valence-electron chi connectivity index (χ4n) is 1.90. The lowest BCUT2D eigenvalue weighted by Crippen LogP contribution is -2.03. The Kier molecular flexibility index (Phi) is 7.58. The van der Waals surface area contributed by atoms with Crippen LogP contribution in [0.3, 0.4) is 0 Å². The van der Waals surface area contributed by atoms with Gasteiger partial charge in [-0.2, -0.15) is 0 Å². The maximum atomic E-state index is 7.17. The maximum Gasteiger partial charge on any atom is 0.151 e. The highest BCUT2D eigenvalue weighted by Gasteiger charge is 1.97. The van der Waals surface area contributed by atoms with Crippen molar-refractivity contribution in [3.63, 3.8) is 0 Å². The van der Waals surface area contributed by atoms with E-state index < -0.39 is 0 Å². The SMILES string of the molecule is CCCCCCCc1ccc(CSC(=N)N)cc1. The molecular weight excluding hydrogens is 240 g/mol. The van der Waals surface area contributed by atoms with Crippen molar-refractivity contribution in [2.24, 2.45) is 5.73 Å². The minimum absolute atomic E-state index is 0.190. The predicted molar refractivity (Wildman–Crippen MR) is 82.1 cm³/mol. The molecule has 2 nitrogen and oxygen atoms in total. The summed E-state index contributed by atoms with van der Waals surface area (Å²) in [5, 5.41) is 7.36. The normalized spacial score (nSPS) is 10.5. The van der Waals surface area contributed by atoms with Gasteiger partial charge in [0.15, 0.2) is 5.17 Å². The molecule has 0 spiro atoms. The van der Waals surface area contributed by atoms with Gasteiger partial charge < -0.3 is 5.73 Å². The van der Waals surface area contributed by atoms with Gasteiger partial charge >= 0.3 is 0 Å². The van der Waals surface area contributed by atoms with Crippen LogP contribution in [-0.2, 0) is 12.2 Å². The van der Waals surface area contributed by atoms with E-state index in [1.807, 2.05) is 0 Å². The van der Waals surface area contributed by atoms with Gasteiger partial charge in [-0.05, 0) is 24.0 Å². The average Bonchev–Trinajstić information content (AvgIpc) is 2.37. The molecule has 0 unspecified atom stereocenters. The Morgan fingerprint density at radius 2 is 1.67 bits per heavy atom. The molecule has 0 amide bonds. The van der Waals surface area contributed by atoms with Crippen molar-refractivity contribution in [2.45, 2.75) is 51.2 Å². The van der Waals surface area contributed by atoms with Gasteiger partial charge in [0.25, 0.3) is 0 Å². The van der Waals surface area contributed by atoms with E-state index in [1.165, 1.54) is 61.4 Å². The summed E-state index contributed by atoms with van der Waals surface area (Å²) >= 11 is 1.38. The molecule has 1 aromatic carbocycles. The molecular formula is C15H24N2S. The van der Waals surface area contributed by atoms with Crippen molar-refractivity contribution in [1.82, 2.24) is 0 Å². The summed E-state index contributed by atoms with van der Waals surface area (Å²) in [6.07, 6.45) is 7.86. The van der Waals surface area contributed by atoms with E-state index in [0.717, 1.165) is 5.75 Å².